The van der Waals surface area contributed by atoms with E-state index in [0.29, 0.717) is 0 Å². The zero-order chi connectivity index (χ0) is 13.3. The number of allylic oxidation sites excluding steroid dienone is 4. The number of ether oxygens (including phenoxy) is 1. The molecule has 0 aromatic heterocycles. The maximum absolute atomic E-state index is 5.46. The summed E-state index contributed by atoms with van der Waals surface area (Å²) in [6, 6.07) is 4.22. The molecule has 2 rings (SSSR count). The molecular formula is C17H22O. The third-order valence-electron chi connectivity index (χ3n) is 4.04. The van der Waals surface area contributed by atoms with Crippen LogP contribution in [0, 0.1) is 13.8 Å². The molecule has 0 radical (unpaired) electrons. The Morgan fingerprint density at radius 1 is 1.17 bits per heavy atom. The first-order valence-electron chi connectivity index (χ1n) is 6.49. The van der Waals surface area contributed by atoms with Gasteiger partial charge in [-0.2, -0.15) is 0 Å². The summed E-state index contributed by atoms with van der Waals surface area (Å²) in [6.07, 6.45) is 7.69. The minimum absolute atomic E-state index is 0.0617. The summed E-state index contributed by atoms with van der Waals surface area (Å²) in [7, 11) is 1.74. The molecular weight excluding hydrogens is 220 g/mol. The van der Waals surface area contributed by atoms with Gasteiger partial charge in [-0.1, -0.05) is 43.7 Å². The molecule has 1 aliphatic carbocycles. The van der Waals surface area contributed by atoms with Gasteiger partial charge in [-0.05, 0) is 43.0 Å². The van der Waals surface area contributed by atoms with Gasteiger partial charge in [0, 0.05) is 5.41 Å². The van der Waals surface area contributed by atoms with Gasteiger partial charge in [0.2, 0.25) is 0 Å². The zero-order valence-corrected chi connectivity index (χ0v) is 12.0. The quantitative estimate of drug-likeness (QED) is 0.759. The minimum Gasteiger partial charge on any atom is -0.496 e. The highest BCUT2D eigenvalue weighted by atomic mass is 16.5. The van der Waals surface area contributed by atoms with E-state index in [1.54, 1.807) is 7.11 Å². The number of hydrogen-bond acceptors (Lipinski definition) is 1. The highest BCUT2D eigenvalue weighted by molar-refractivity contribution is 5.52. The van der Waals surface area contributed by atoms with Crippen LogP contribution in [0.4, 0.5) is 0 Å². The second kappa shape index (κ2) is 4.64. The standard InChI is InChI=1S/C17H22O/c1-12-10-11-15(18-5)13(2)16(12)17(3,4)14-8-6-7-9-14/h6-8,10-11H,9H2,1-5H3. The molecule has 0 spiro atoms. The molecule has 0 bridgehead atoms. The number of methoxy groups -OCH3 is 1. The van der Waals surface area contributed by atoms with Gasteiger partial charge in [-0.3, -0.25) is 0 Å². The van der Waals surface area contributed by atoms with Crippen LogP contribution in [0.2, 0.25) is 0 Å². The molecule has 1 nitrogen and oxygen atoms in total. The van der Waals surface area contributed by atoms with E-state index in [-0.39, 0.29) is 5.41 Å². The number of benzene rings is 1. The van der Waals surface area contributed by atoms with Crippen molar-refractivity contribution in [3.63, 3.8) is 0 Å². The molecule has 0 N–H and O–H groups in total. The van der Waals surface area contributed by atoms with Crippen molar-refractivity contribution in [3.8, 4) is 5.75 Å². The lowest BCUT2D eigenvalue weighted by atomic mass is 9.73. The summed E-state index contributed by atoms with van der Waals surface area (Å²) in [5.74, 6) is 0.982. The van der Waals surface area contributed by atoms with E-state index in [1.165, 1.54) is 22.3 Å². The number of rotatable bonds is 3. The number of aryl methyl sites for hydroxylation is 1. The van der Waals surface area contributed by atoms with Crippen LogP contribution in [0.25, 0.3) is 0 Å². The van der Waals surface area contributed by atoms with Gasteiger partial charge >= 0.3 is 0 Å². The Labute approximate surface area is 110 Å². The van der Waals surface area contributed by atoms with Crippen LogP contribution in [0.5, 0.6) is 5.75 Å². The van der Waals surface area contributed by atoms with Gasteiger partial charge in [0.15, 0.2) is 0 Å². The summed E-state index contributed by atoms with van der Waals surface area (Å²) in [6.45, 7) is 8.96. The predicted octanol–water partition coefficient (Wildman–Crippen LogP) is 4.48. The molecule has 0 fully saturated rings. The van der Waals surface area contributed by atoms with Crippen LogP contribution in [0.3, 0.4) is 0 Å². The van der Waals surface area contributed by atoms with Gasteiger partial charge in [-0.15, -0.1) is 0 Å². The molecule has 0 saturated carbocycles. The molecule has 0 aliphatic heterocycles. The molecule has 1 aromatic carbocycles. The molecule has 1 heteroatoms. The Bertz CT molecular complexity index is 519. The van der Waals surface area contributed by atoms with Crippen LogP contribution in [0.1, 0.15) is 37.0 Å². The average Bonchev–Trinajstić information content (AvgIpc) is 2.83. The molecule has 0 heterocycles. The van der Waals surface area contributed by atoms with E-state index in [9.17, 15) is 0 Å². The van der Waals surface area contributed by atoms with Crippen molar-refractivity contribution in [3.05, 3.63) is 52.6 Å². The van der Waals surface area contributed by atoms with Crippen molar-refractivity contribution in [2.75, 3.05) is 7.11 Å². The summed E-state index contributed by atoms with van der Waals surface area (Å²) < 4.78 is 5.46. The molecule has 0 amide bonds. The molecule has 0 saturated heterocycles. The van der Waals surface area contributed by atoms with Crippen molar-refractivity contribution in [1.82, 2.24) is 0 Å². The fourth-order valence-electron chi connectivity index (χ4n) is 3.08. The fraction of sp³-hybridized carbons (Fsp3) is 0.412. The van der Waals surface area contributed by atoms with Crippen LogP contribution in [-0.4, -0.2) is 7.11 Å². The molecule has 0 atom stereocenters. The second-order valence-corrected chi connectivity index (χ2v) is 5.53. The van der Waals surface area contributed by atoms with E-state index >= 15 is 0 Å². The van der Waals surface area contributed by atoms with Crippen molar-refractivity contribution in [2.24, 2.45) is 0 Å². The fourth-order valence-corrected chi connectivity index (χ4v) is 3.08. The van der Waals surface area contributed by atoms with Crippen molar-refractivity contribution in [2.45, 2.75) is 39.5 Å². The Morgan fingerprint density at radius 3 is 2.44 bits per heavy atom. The Morgan fingerprint density at radius 2 is 1.89 bits per heavy atom. The Balaban J connectivity index is 2.56. The molecule has 0 unspecified atom stereocenters. The first-order chi connectivity index (χ1) is 8.48. The topological polar surface area (TPSA) is 9.23 Å². The summed E-state index contributed by atoms with van der Waals surface area (Å²) in [5.41, 5.74) is 5.53. The van der Waals surface area contributed by atoms with Gasteiger partial charge < -0.3 is 4.74 Å². The Hall–Kier alpha value is -1.50. The Kier molecular flexibility index (Phi) is 3.34. The van der Waals surface area contributed by atoms with Crippen LogP contribution >= 0.6 is 0 Å². The smallest absolute Gasteiger partial charge is 0.122 e. The van der Waals surface area contributed by atoms with E-state index in [4.69, 9.17) is 4.74 Å². The summed E-state index contributed by atoms with van der Waals surface area (Å²) >= 11 is 0. The van der Waals surface area contributed by atoms with E-state index in [2.05, 4.69) is 58.1 Å². The first-order valence-corrected chi connectivity index (χ1v) is 6.49. The largest absolute Gasteiger partial charge is 0.496 e. The van der Waals surface area contributed by atoms with Crippen molar-refractivity contribution in [1.29, 1.82) is 0 Å². The lowest BCUT2D eigenvalue weighted by molar-refractivity contribution is 0.409. The maximum Gasteiger partial charge on any atom is 0.122 e. The first kappa shape index (κ1) is 12.9. The highest BCUT2D eigenvalue weighted by Crippen LogP contribution is 2.41. The lowest BCUT2D eigenvalue weighted by Gasteiger charge is -2.31. The monoisotopic (exact) mass is 242 g/mol. The van der Waals surface area contributed by atoms with Gasteiger partial charge in [0.05, 0.1) is 7.11 Å². The van der Waals surface area contributed by atoms with Crippen LogP contribution < -0.4 is 4.74 Å². The third kappa shape index (κ3) is 1.98. The van der Waals surface area contributed by atoms with Crippen molar-refractivity contribution >= 4 is 0 Å². The second-order valence-electron chi connectivity index (χ2n) is 5.53. The summed E-state index contributed by atoms with van der Waals surface area (Å²) in [4.78, 5) is 0. The van der Waals surface area contributed by atoms with Gasteiger partial charge in [-0.25, -0.2) is 0 Å². The third-order valence-corrected chi connectivity index (χ3v) is 4.04. The van der Waals surface area contributed by atoms with E-state index in [1.807, 2.05) is 0 Å². The zero-order valence-electron chi connectivity index (χ0n) is 12.0. The number of hydrogen-bond donors (Lipinski definition) is 0. The molecule has 96 valence electrons. The SMILES string of the molecule is COc1ccc(C)c(C(C)(C)C2=CC=CC2)c1C. The highest BCUT2D eigenvalue weighted by Gasteiger charge is 2.29. The molecule has 1 aliphatic rings. The maximum atomic E-state index is 5.46. The lowest BCUT2D eigenvalue weighted by Crippen LogP contribution is -2.22. The van der Waals surface area contributed by atoms with E-state index in [0.717, 1.165) is 12.2 Å². The van der Waals surface area contributed by atoms with Crippen LogP contribution in [0.15, 0.2) is 35.9 Å². The van der Waals surface area contributed by atoms with Gasteiger partial charge in [0.1, 0.15) is 5.75 Å². The molecule has 18 heavy (non-hydrogen) atoms. The normalized spacial score (nSPS) is 14.8. The van der Waals surface area contributed by atoms with E-state index < -0.39 is 0 Å². The predicted molar refractivity (Wildman–Crippen MR) is 77.3 cm³/mol. The van der Waals surface area contributed by atoms with Crippen LogP contribution in [-0.2, 0) is 5.41 Å². The van der Waals surface area contributed by atoms with Gasteiger partial charge in [0.25, 0.3) is 0 Å². The minimum atomic E-state index is 0.0617. The average molecular weight is 242 g/mol. The molecule has 1 aromatic rings. The van der Waals surface area contributed by atoms with Crippen molar-refractivity contribution < 1.29 is 4.74 Å². The summed E-state index contributed by atoms with van der Waals surface area (Å²) in [5, 5.41) is 0.